The normalized spacial score (nSPS) is 19.3. The van der Waals surface area contributed by atoms with E-state index in [1.54, 1.807) is 11.3 Å². The molecule has 0 unspecified atom stereocenters. The standard InChI is InChI=1S/C14H19N3S/c1-14(2)5-7-17(8-6-14)10-3-4-11-13(12(10)15)16-9-18-11/h3-4,9H,5-8,15H2,1-2H3. The van der Waals surface area contributed by atoms with Crippen molar-refractivity contribution < 1.29 is 0 Å². The number of nitrogens with zero attached hydrogens (tertiary/aromatic N) is 2. The zero-order valence-electron chi connectivity index (χ0n) is 10.9. The molecule has 0 atom stereocenters. The summed E-state index contributed by atoms with van der Waals surface area (Å²) in [4.78, 5) is 6.77. The van der Waals surface area contributed by atoms with Crippen molar-refractivity contribution in [1.82, 2.24) is 4.98 Å². The van der Waals surface area contributed by atoms with Gasteiger partial charge in [-0.15, -0.1) is 11.3 Å². The zero-order valence-corrected chi connectivity index (χ0v) is 11.8. The smallest absolute Gasteiger partial charge is 0.106 e. The largest absolute Gasteiger partial charge is 0.395 e. The molecule has 0 spiro atoms. The molecule has 4 heteroatoms. The van der Waals surface area contributed by atoms with Crippen molar-refractivity contribution in [2.45, 2.75) is 26.7 Å². The lowest BCUT2D eigenvalue weighted by Gasteiger charge is -2.38. The number of aromatic nitrogens is 1. The molecule has 1 saturated heterocycles. The number of rotatable bonds is 1. The Kier molecular flexibility index (Phi) is 2.70. The van der Waals surface area contributed by atoms with Gasteiger partial charge in [0, 0.05) is 13.1 Å². The summed E-state index contributed by atoms with van der Waals surface area (Å²) in [6, 6.07) is 4.28. The molecule has 1 aliphatic heterocycles. The Morgan fingerprint density at radius 3 is 2.72 bits per heavy atom. The van der Waals surface area contributed by atoms with Crippen LogP contribution in [-0.2, 0) is 0 Å². The first-order chi connectivity index (χ1) is 8.57. The fourth-order valence-electron chi connectivity index (χ4n) is 2.57. The second kappa shape index (κ2) is 4.12. The Morgan fingerprint density at radius 1 is 1.28 bits per heavy atom. The van der Waals surface area contributed by atoms with Gasteiger partial charge in [0.05, 0.1) is 21.6 Å². The van der Waals surface area contributed by atoms with E-state index in [0.717, 1.165) is 30.0 Å². The summed E-state index contributed by atoms with van der Waals surface area (Å²) in [6.45, 7) is 6.87. The summed E-state index contributed by atoms with van der Waals surface area (Å²) in [5.41, 5.74) is 11.6. The first kappa shape index (κ1) is 11.8. The average Bonchev–Trinajstić information content (AvgIpc) is 2.79. The molecule has 1 aromatic carbocycles. The van der Waals surface area contributed by atoms with E-state index in [-0.39, 0.29) is 0 Å². The molecule has 2 N–H and O–H groups in total. The first-order valence-corrected chi connectivity index (χ1v) is 7.31. The van der Waals surface area contributed by atoms with Crippen LogP contribution in [0.25, 0.3) is 10.2 Å². The summed E-state index contributed by atoms with van der Waals surface area (Å²) in [6.07, 6.45) is 2.45. The molecule has 0 saturated carbocycles. The van der Waals surface area contributed by atoms with E-state index in [2.05, 4.69) is 35.9 Å². The summed E-state index contributed by atoms with van der Waals surface area (Å²) >= 11 is 1.65. The maximum Gasteiger partial charge on any atom is 0.106 e. The maximum atomic E-state index is 6.26. The van der Waals surface area contributed by atoms with Gasteiger partial charge in [0.1, 0.15) is 5.52 Å². The number of anilines is 2. The van der Waals surface area contributed by atoms with Crippen molar-refractivity contribution in [1.29, 1.82) is 0 Å². The van der Waals surface area contributed by atoms with Crippen LogP contribution < -0.4 is 10.6 Å². The molecule has 0 amide bonds. The van der Waals surface area contributed by atoms with Gasteiger partial charge in [0.2, 0.25) is 0 Å². The number of hydrogen-bond acceptors (Lipinski definition) is 4. The van der Waals surface area contributed by atoms with E-state index in [1.165, 1.54) is 17.5 Å². The van der Waals surface area contributed by atoms with Gasteiger partial charge in [-0.3, -0.25) is 0 Å². The Balaban J connectivity index is 1.93. The number of benzene rings is 1. The lowest BCUT2D eigenvalue weighted by atomic mass is 9.82. The highest BCUT2D eigenvalue weighted by Crippen LogP contribution is 2.37. The highest BCUT2D eigenvalue weighted by atomic mass is 32.1. The van der Waals surface area contributed by atoms with Gasteiger partial charge in [0.15, 0.2) is 0 Å². The van der Waals surface area contributed by atoms with E-state index >= 15 is 0 Å². The van der Waals surface area contributed by atoms with E-state index in [4.69, 9.17) is 5.73 Å². The van der Waals surface area contributed by atoms with Crippen LogP contribution >= 0.6 is 11.3 Å². The van der Waals surface area contributed by atoms with Gasteiger partial charge in [-0.25, -0.2) is 4.98 Å². The number of hydrogen-bond donors (Lipinski definition) is 1. The summed E-state index contributed by atoms with van der Waals surface area (Å²) < 4.78 is 1.17. The van der Waals surface area contributed by atoms with Gasteiger partial charge in [-0.05, 0) is 30.4 Å². The third kappa shape index (κ3) is 1.94. The number of nitrogen functional groups attached to an aromatic ring is 1. The highest BCUT2D eigenvalue weighted by molar-refractivity contribution is 7.16. The minimum absolute atomic E-state index is 0.468. The van der Waals surface area contributed by atoms with Crippen LogP contribution in [-0.4, -0.2) is 18.1 Å². The SMILES string of the molecule is CC1(C)CCN(c2ccc3scnc3c2N)CC1. The molecule has 2 aromatic rings. The number of piperidine rings is 1. The zero-order chi connectivity index (χ0) is 12.8. The van der Waals surface area contributed by atoms with Crippen molar-refractivity contribution in [3.63, 3.8) is 0 Å². The fraction of sp³-hybridized carbons (Fsp3) is 0.500. The average molecular weight is 261 g/mol. The van der Waals surface area contributed by atoms with Gasteiger partial charge in [-0.1, -0.05) is 13.8 Å². The molecule has 0 radical (unpaired) electrons. The summed E-state index contributed by atoms with van der Waals surface area (Å²) in [5.74, 6) is 0. The molecule has 2 heterocycles. The fourth-order valence-corrected chi connectivity index (χ4v) is 3.26. The Labute approximate surface area is 112 Å². The monoisotopic (exact) mass is 261 g/mol. The number of thiazole rings is 1. The number of fused-ring (bicyclic) bond motifs is 1. The highest BCUT2D eigenvalue weighted by Gasteiger charge is 2.26. The minimum Gasteiger partial charge on any atom is -0.395 e. The second-order valence-corrected chi connectivity index (χ2v) is 6.74. The molecule has 1 aliphatic rings. The topological polar surface area (TPSA) is 42.2 Å². The van der Waals surface area contributed by atoms with E-state index in [0.29, 0.717) is 5.41 Å². The maximum absolute atomic E-state index is 6.26. The van der Waals surface area contributed by atoms with E-state index in [9.17, 15) is 0 Å². The van der Waals surface area contributed by atoms with Crippen molar-refractivity contribution in [2.24, 2.45) is 5.41 Å². The van der Waals surface area contributed by atoms with Crippen LogP contribution in [0, 0.1) is 5.41 Å². The summed E-state index contributed by atoms with van der Waals surface area (Å²) in [5, 5.41) is 0. The van der Waals surface area contributed by atoms with Crippen LogP contribution in [0.4, 0.5) is 11.4 Å². The predicted octanol–water partition coefficient (Wildman–Crippen LogP) is 3.50. The minimum atomic E-state index is 0.468. The van der Waals surface area contributed by atoms with Crippen LogP contribution in [0.15, 0.2) is 17.6 Å². The second-order valence-electron chi connectivity index (χ2n) is 5.85. The van der Waals surface area contributed by atoms with Crippen LogP contribution in [0.2, 0.25) is 0 Å². The lowest BCUT2D eigenvalue weighted by Crippen LogP contribution is -2.37. The van der Waals surface area contributed by atoms with Crippen molar-refractivity contribution in [3.8, 4) is 0 Å². The Bertz CT molecular complexity index is 563. The molecule has 1 aromatic heterocycles. The summed E-state index contributed by atoms with van der Waals surface area (Å²) in [7, 11) is 0. The van der Waals surface area contributed by atoms with Gasteiger partial charge < -0.3 is 10.6 Å². The molecule has 18 heavy (non-hydrogen) atoms. The predicted molar refractivity (Wildman–Crippen MR) is 79.3 cm³/mol. The quantitative estimate of drug-likeness (QED) is 0.799. The van der Waals surface area contributed by atoms with Crippen molar-refractivity contribution >= 4 is 32.9 Å². The molecular formula is C14H19N3S. The van der Waals surface area contributed by atoms with E-state index in [1.807, 2.05) is 5.51 Å². The third-order valence-corrected chi connectivity index (χ3v) is 4.77. The third-order valence-electron chi connectivity index (χ3n) is 3.98. The molecular weight excluding hydrogens is 242 g/mol. The molecule has 96 valence electrons. The van der Waals surface area contributed by atoms with Gasteiger partial charge in [-0.2, -0.15) is 0 Å². The van der Waals surface area contributed by atoms with Gasteiger partial charge >= 0.3 is 0 Å². The lowest BCUT2D eigenvalue weighted by molar-refractivity contribution is 0.280. The Hall–Kier alpha value is -1.29. The van der Waals surface area contributed by atoms with E-state index < -0.39 is 0 Å². The van der Waals surface area contributed by atoms with Gasteiger partial charge in [0.25, 0.3) is 0 Å². The molecule has 1 fully saturated rings. The van der Waals surface area contributed by atoms with Crippen LogP contribution in [0.3, 0.4) is 0 Å². The first-order valence-electron chi connectivity index (χ1n) is 6.43. The van der Waals surface area contributed by atoms with Crippen LogP contribution in [0.1, 0.15) is 26.7 Å². The van der Waals surface area contributed by atoms with Crippen molar-refractivity contribution in [3.05, 3.63) is 17.6 Å². The molecule has 0 bridgehead atoms. The number of nitrogens with two attached hydrogens (primary N) is 1. The van der Waals surface area contributed by atoms with Crippen LogP contribution in [0.5, 0.6) is 0 Å². The molecule has 3 rings (SSSR count). The molecule has 0 aliphatic carbocycles. The molecule has 3 nitrogen and oxygen atoms in total. The Morgan fingerprint density at radius 2 is 2.00 bits per heavy atom. The van der Waals surface area contributed by atoms with Crippen molar-refractivity contribution in [2.75, 3.05) is 23.7 Å².